The van der Waals surface area contributed by atoms with Gasteiger partial charge in [0.05, 0.1) is 0 Å². The molecule has 0 aromatic heterocycles. The third kappa shape index (κ3) is 4.54. The van der Waals surface area contributed by atoms with E-state index in [0.29, 0.717) is 6.54 Å². The van der Waals surface area contributed by atoms with Crippen LogP contribution >= 0.6 is 0 Å². The maximum Gasteiger partial charge on any atom is 0.281 e. The van der Waals surface area contributed by atoms with Crippen molar-refractivity contribution in [1.29, 1.82) is 0 Å². The molecule has 1 N–H and O–H groups in total. The smallest absolute Gasteiger partial charge is 0.281 e. The maximum atomic E-state index is 12.1. The predicted octanol–water partition coefficient (Wildman–Crippen LogP) is 0.647. The quantitative estimate of drug-likeness (QED) is 0.621. The highest BCUT2D eigenvalue weighted by Crippen LogP contribution is 2.28. The second kappa shape index (κ2) is 6.68. The van der Waals surface area contributed by atoms with Crippen LogP contribution in [0.1, 0.15) is 32.6 Å². The van der Waals surface area contributed by atoms with E-state index in [4.69, 9.17) is 0 Å². The van der Waals surface area contributed by atoms with Gasteiger partial charge in [-0.15, -0.1) is 0 Å². The Labute approximate surface area is 105 Å². The molecule has 1 saturated carbocycles. The lowest BCUT2D eigenvalue weighted by Crippen LogP contribution is -2.41. The van der Waals surface area contributed by atoms with Crippen molar-refractivity contribution in [1.82, 2.24) is 13.9 Å². The summed E-state index contributed by atoms with van der Waals surface area (Å²) in [5, 5.41) is 3.27. The molecular weight excluding hydrogens is 238 g/mol. The predicted molar refractivity (Wildman–Crippen MR) is 70.1 cm³/mol. The monoisotopic (exact) mass is 263 g/mol. The summed E-state index contributed by atoms with van der Waals surface area (Å²) in [7, 11) is 0.111. The number of nitrogens with one attached hydrogen (secondary N) is 1. The van der Waals surface area contributed by atoms with E-state index in [9.17, 15) is 8.42 Å². The van der Waals surface area contributed by atoms with Crippen LogP contribution in [-0.4, -0.2) is 56.8 Å². The van der Waals surface area contributed by atoms with Crippen LogP contribution in [0.3, 0.4) is 0 Å². The average molecular weight is 263 g/mol. The van der Waals surface area contributed by atoms with Gasteiger partial charge >= 0.3 is 0 Å². The molecule has 1 aliphatic rings. The molecule has 0 atom stereocenters. The summed E-state index contributed by atoms with van der Waals surface area (Å²) < 4.78 is 27.1. The highest BCUT2D eigenvalue weighted by atomic mass is 32.2. The number of nitrogens with zero attached hydrogens (tertiary/aromatic N) is 2. The van der Waals surface area contributed by atoms with Crippen molar-refractivity contribution in [2.75, 3.05) is 33.7 Å². The highest BCUT2D eigenvalue weighted by Gasteiger charge is 2.35. The molecular formula is C11H25N3O2S. The summed E-state index contributed by atoms with van der Waals surface area (Å²) in [5.41, 5.74) is 0. The zero-order chi connectivity index (χ0) is 12.9. The van der Waals surface area contributed by atoms with Gasteiger partial charge in [0.25, 0.3) is 10.2 Å². The third-order valence-electron chi connectivity index (χ3n) is 3.07. The van der Waals surface area contributed by atoms with Gasteiger partial charge in [-0.1, -0.05) is 6.92 Å². The molecule has 0 saturated heterocycles. The molecule has 0 amide bonds. The van der Waals surface area contributed by atoms with E-state index in [1.165, 1.54) is 8.61 Å². The first-order valence-electron chi connectivity index (χ1n) is 6.40. The Kier molecular flexibility index (Phi) is 5.85. The van der Waals surface area contributed by atoms with Crippen molar-refractivity contribution in [3.63, 3.8) is 0 Å². The zero-order valence-corrected chi connectivity index (χ0v) is 12.0. The third-order valence-corrected chi connectivity index (χ3v) is 5.07. The molecule has 0 aliphatic heterocycles. The Morgan fingerprint density at radius 3 is 2.41 bits per heavy atom. The summed E-state index contributed by atoms with van der Waals surface area (Å²) >= 11 is 0. The molecule has 1 fully saturated rings. The summed E-state index contributed by atoms with van der Waals surface area (Å²) in [4.78, 5) is 0. The number of hydrogen-bond acceptors (Lipinski definition) is 3. The van der Waals surface area contributed by atoms with Crippen LogP contribution in [0.5, 0.6) is 0 Å². The van der Waals surface area contributed by atoms with Gasteiger partial charge in [0.15, 0.2) is 0 Å². The SMILES string of the molecule is CCCNCCCN(C)S(=O)(=O)N(C)C1CC1. The van der Waals surface area contributed by atoms with E-state index in [1.807, 2.05) is 0 Å². The fraction of sp³-hybridized carbons (Fsp3) is 1.00. The molecule has 0 bridgehead atoms. The van der Waals surface area contributed by atoms with Crippen molar-refractivity contribution >= 4 is 10.2 Å². The molecule has 17 heavy (non-hydrogen) atoms. The molecule has 6 heteroatoms. The van der Waals surface area contributed by atoms with Gasteiger partial charge in [-0.2, -0.15) is 17.0 Å². The summed E-state index contributed by atoms with van der Waals surface area (Å²) in [6.45, 7) is 4.57. The lowest BCUT2D eigenvalue weighted by Gasteiger charge is -2.24. The standard InChI is InChI=1S/C11H25N3O2S/c1-4-8-12-9-5-10-13(2)17(15,16)14(3)11-6-7-11/h11-12H,4-10H2,1-3H3. The van der Waals surface area contributed by atoms with Crippen LogP contribution in [0.2, 0.25) is 0 Å². The largest absolute Gasteiger partial charge is 0.317 e. The molecule has 0 aromatic carbocycles. The van der Waals surface area contributed by atoms with Gasteiger partial charge in [0.1, 0.15) is 0 Å². The second-order valence-corrected chi connectivity index (χ2v) is 6.78. The molecule has 0 spiro atoms. The summed E-state index contributed by atoms with van der Waals surface area (Å²) in [5.74, 6) is 0. The topological polar surface area (TPSA) is 52.7 Å². The first-order chi connectivity index (χ1) is 8.00. The van der Waals surface area contributed by atoms with Crippen LogP contribution in [-0.2, 0) is 10.2 Å². The van der Waals surface area contributed by atoms with Gasteiger partial charge in [-0.25, -0.2) is 0 Å². The van der Waals surface area contributed by atoms with Crippen LogP contribution in [0.15, 0.2) is 0 Å². The fourth-order valence-electron chi connectivity index (χ4n) is 1.69. The molecule has 0 radical (unpaired) electrons. The Morgan fingerprint density at radius 2 is 1.88 bits per heavy atom. The minimum Gasteiger partial charge on any atom is -0.317 e. The van der Waals surface area contributed by atoms with E-state index in [1.54, 1.807) is 14.1 Å². The van der Waals surface area contributed by atoms with Gasteiger partial charge < -0.3 is 5.32 Å². The fourth-order valence-corrected chi connectivity index (χ4v) is 3.08. The molecule has 1 aliphatic carbocycles. The summed E-state index contributed by atoms with van der Waals surface area (Å²) in [6, 6.07) is 0.237. The first-order valence-corrected chi connectivity index (χ1v) is 7.80. The van der Waals surface area contributed by atoms with Crippen molar-refractivity contribution in [2.24, 2.45) is 0 Å². The van der Waals surface area contributed by atoms with Gasteiger partial charge in [-0.3, -0.25) is 0 Å². The molecule has 0 heterocycles. The first kappa shape index (κ1) is 14.9. The average Bonchev–Trinajstić information content (AvgIpc) is 3.11. The molecule has 0 aromatic rings. The normalized spacial score (nSPS) is 17.0. The second-order valence-electron chi connectivity index (χ2n) is 4.68. The maximum absolute atomic E-state index is 12.1. The van der Waals surface area contributed by atoms with Gasteiger partial charge in [0.2, 0.25) is 0 Å². The highest BCUT2D eigenvalue weighted by molar-refractivity contribution is 7.86. The lowest BCUT2D eigenvalue weighted by molar-refractivity contribution is 0.383. The molecule has 102 valence electrons. The Hall–Kier alpha value is -0.170. The van der Waals surface area contributed by atoms with Crippen molar-refractivity contribution < 1.29 is 8.42 Å². The van der Waals surface area contributed by atoms with Gasteiger partial charge in [-0.05, 0) is 38.8 Å². The molecule has 1 rings (SSSR count). The van der Waals surface area contributed by atoms with Crippen LogP contribution < -0.4 is 5.32 Å². The number of rotatable bonds is 9. The van der Waals surface area contributed by atoms with Crippen LogP contribution in [0.25, 0.3) is 0 Å². The number of hydrogen-bond donors (Lipinski definition) is 1. The minimum absolute atomic E-state index is 0.237. The molecule has 5 nitrogen and oxygen atoms in total. The van der Waals surface area contributed by atoms with Crippen LogP contribution in [0.4, 0.5) is 0 Å². The van der Waals surface area contributed by atoms with Crippen molar-refractivity contribution in [3.8, 4) is 0 Å². The Balaban J connectivity index is 2.27. The van der Waals surface area contributed by atoms with E-state index >= 15 is 0 Å². The minimum atomic E-state index is -3.23. The van der Waals surface area contributed by atoms with E-state index in [-0.39, 0.29) is 6.04 Å². The summed E-state index contributed by atoms with van der Waals surface area (Å²) in [6.07, 6.45) is 3.97. The van der Waals surface area contributed by atoms with Crippen LogP contribution in [0, 0.1) is 0 Å². The Morgan fingerprint density at radius 1 is 1.24 bits per heavy atom. The Bertz CT molecular complexity index is 315. The van der Waals surface area contributed by atoms with E-state index in [0.717, 1.165) is 38.8 Å². The van der Waals surface area contributed by atoms with E-state index < -0.39 is 10.2 Å². The lowest BCUT2D eigenvalue weighted by atomic mass is 10.4. The van der Waals surface area contributed by atoms with Crippen molar-refractivity contribution in [2.45, 2.75) is 38.6 Å². The zero-order valence-electron chi connectivity index (χ0n) is 11.1. The molecule has 0 unspecified atom stereocenters. The van der Waals surface area contributed by atoms with Crippen molar-refractivity contribution in [3.05, 3.63) is 0 Å². The van der Waals surface area contributed by atoms with E-state index in [2.05, 4.69) is 12.2 Å². The van der Waals surface area contributed by atoms with Gasteiger partial charge in [0, 0.05) is 26.7 Å².